The first-order valence-corrected chi connectivity index (χ1v) is 7.15. The van der Waals surface area contributed by atoms with Gasteiger partial charge in [0.2, 0.25) is 0 Å². The third-order valence-corrected chi connectivity index (χ3v) is 3.62. The van der Waals surface area contributed by atoms with Crippen molar-refractivity contribution in [3.8, 4) is 0 Å². The maximum atomic E-state index is 11.4. The molecule has 0 aromatic rings. The second-order valence-electron chi connectivity index (χ2n) is 5.30. The molecule has 1 aliphatic heterocycles. The Bertz CT molecular complexity index is 253. The van der Waals surface area contributed by atoms with Crippen LogP contribution in [0.15, 0.2) is 0 Å². The average molecular weight is 272 g/mol. The van der Waals surface area contributed by atoms with Crippen LogP contribution >= 0.6 is 0 Å². The zero-order chi connectivity index (χ0) is 14.1. The van der Waals surface area contributed by atoms with E-state index >= 15 is 0 Å². The van der Waals surface area contributed by atoms with E-state index in [2.05, 4.69) is 34.5 Å². The van der Waals surface area contributed by atoms with Crippen LogP contribution in [0, 0.1) is 0 Å². The lowest BCUT2D eigenvalue weighted by Crippen LogP contribution is -2.45. The number of carbonyl (C=O) groups excluding carboxylic acids is 1. The van der Waals surface area contributed by atoms with Gasteiger partial charge in [0.15, 0.2) is 0 Å². The van der Waals surface area contributed by atoms with E-state index in [0.717, 1.165) is 19.6 Å². The molecule has 0 bridgehead atoms. The van der Waals surface area contributed by atoms with Gasteiger partial charge in [-0.15, -0.1) is 0 Å². The smallest absolute Gasteiger partial charge is 0.314 e. The van der Waals surface area contributed by atoms with Gasteiger partial charge < -0.3 is 25.5 Å². The third-order valence-electron chi connectivity index (χ3n) is 3.62. The normalized spacial score (nSPS) is 17.7. The van der Waals surface area contributed by atoms with E-state index in [9.17, 15) is 4.79 Å². The summed E-state index contributed by atoms with van der Waals surface area (Å²) in [5.41, 5.74) is 0. The predicted molar refractivity (Wildman–Crippen MR) is 76.3 cm³/mol. The molecule has 0 aromatic heterocycles. The number of urea groups is 1. The molecule has 1 fully saturated rings. The number of nitrogens with one attached hydrogen (secondary N) is 2. The Morgan fingerprint density at radius 3 is 2.47 bits per heavy atom. The zero-order valence-electron chi connectivity index (χ0n) is 12.2. The lowest BCUT2D eigenvalue weighted by Gasteiger charge is -2.35. The van der Waals surface area contributed by atoms with E-state index in [0.29, 0.717) is 25.6 Å². The van der Waals surface area contributed by atoms with Gasteiger partial charge in [-0.2, -0.15) is 0 Å². The van der Waals surface area contributed by atoms with Gasteiger partial charge >= 0.3 is 6.03 Å². The van der Waals surface area contributed by atoms with E-state index < -0.39 is 0 Å². The van der Waals surface area contributed by atoms with Crippen LogP contribution in [0.3, 0.4) is 0 Å². The topological polar surface area (TPSA) is 67.8 Å². The molecular weight excluding hydrogens is 244 g/mol. The van der Waals surface area contributed by atoms with E-state index in [1.165, 1.54) is 12.8 Å². The van der Waals surface area contributed by atoms with Crippen molar-refractivity contribution < 1.29 is 9.90 Å². The van der Waals surface area contributed by atoms with Crippen molar-refractivity contribution in [1.29, 1.82) is 0 Å². The minimum absolute atomic E-state index is 0.112. The molecule has 6 heteroatoms. The predicted octanol–water partition coefficient (Wildman–Crippen LogP) is -0.306. The Labute approximate surface area is 116 Å². The highest BCUT2D eigenvalue weighted by atomic mass is 16.3. The fraction of sp³-hybridized carbons (Fsp3) is 0.923. The Kier molecular flexibility index (Phi) is 7.78. The molecule has 3 N–H and O–H groups in total. The van der Waals surface area contributed by atoms with Crippen LogP contribution in [0.1, 0.15) is 19.3 Å². The van der Waals surface area contributed by atoms with Gasteiger partial charge in [0.05, 0.1) is 0 Å². The highest BCUT2D eigenvalue weighted by molar-refractivity contribution is 5.73. The summed E-state index contributed by atoms with van der Waals surface area (Å²) in [6.45, 7) is 4.44. The van der Waals surface area contributed by atoms with Gasteiger partial charge in [-0.3, -0.25) is 0 Å². The Morgan fingerprint density at radius 1 is 1.26 bits per heavy atom. The highest BCUT2D eigenvalue weighted by Gasteiger charge is 2.19. The molecule has 0 spiro atoms. The third kappa shape index (κ3) is 6.75. The Morgan fingerprint density at radius 2 is 1.89 bits per heavy atom. The number of hydrogen-bond acceptors (Lipinski definition) is 4. The van der Waals surface area contributed by atoms with Gasteiger partial charge in [0, 0.05) is 32.3 Å². The maximum Gasteiger partial charge on any atom is 0.314 e. The molecule has 19 heavy (non-hydrogen) atoms. The molecule has 1 heterocycles. The lowest BCUT2D eigenvalue weighted by atomic mass is 10.0. The van der Waals surface area contributed by atoms with Gasteiger partial charge in [-0.1, -0.05) is 0 Å². The summed E-state index contributed by atoms with van der Waals surface area (Å²) >= 11 is 0. The fourth-order valence-electron chi connectivity index (χ4n) is 2.33. The van der Waals surface area contributed by atoms with Gasteiger partial charge in [-0.05, 0) is 46.4 Å². The van der Waals surface area contributed by atoms with Crippen molar-refractivity contribution in [1.82, 2.24) is 20.4 Å². The number of aliphatic hydroxyl groups excluding tert-OH is 1. The van der Waals surface area contributed by atoms with Crippen molar-refractivity contribution in [3.63, 3.8) is 0 Å². The second-order valence-corrected chi connectivity index (χ2v) is 5.30. The Hall–Kier alpha value is -0.850. The maximum absolute atomic E-state index is 11.4. The quantitative estimate of drug-likeness (QED) is 0.556. The summed E-state index contributed by atoms with van der Waals surface area (Å²) in [7, 11) is 4.28. The molecule has 0 aliphatic carbocycles. The number of carbonyl (C=O) groups is 1. The molecular formula is C13H28N4O2. The number of nitrogens with zero attached hydrogens (tertiary/aromatic N) is 2. The molecule has 0 atom stereocenters. The lowest BCUT2D eigenvalue weighted by molar-refractivity contribution is 0.145. The van der Waals surface area contributed by atoms with E-state index in [4.69, 9.17) is 5.11 Å². The van der Waals surface area contributed by atoms with Crippen molar-refractivity contribution in [2.75, 3.05) is 53.4 Å². The van der Waals surface area contributed by atoms with Crippen molar-refractivity contribution in [2.45, 2.75) is 25.3 Å². The SMILES string of the molecule is CN(C)C1CCN(CCNC(=O)NCCCO)CC1. The number of likely N-dealkylation sites (tertiary alicyclic amines) is 1. The summed E-state index contributed by atoms with van der Waals surface area (Å²) < 4.78 is 0. The number of piperidine rings is 1. The minimum atomic E-state index is -0.142. The van der Waals surface area contributed by atoms with Gasteiger partial charge in [0.25, 0.3) is 0 Å². The summed E-state index contributed by atoms with van der Waals surface area (Å²) in [4.78, 5) is 16.1. The molecule has 2 amide bonds. The first-order valence-electron chi connectivity index (χ1n) is 7.15. The second kappa shape index (κ2) is 9.12. The summed E-state index contributed by atoms with van der Waals surface area (Å²) in [6, 6.07) is 0.558. The van der Waals surface area contributed by atoms with E-state index in [-0.39, 0.29) is 12.6 Å². The van der Waals surface area contributed by atoms with E-state index in [1.54, 1.807) is 0 Å². The number of rotatable bonds is 7. The van der Waals surface area contributed by atoms with Crippen LogP contribution in [-0.2, 0) is 0 Å². The molecule has 0 aromatic carbocycles. The van der Waals surface area contributed by atoms with Crippen LogP contribution in [0.4, 0.5) is 4.79 Å². The average Bonchev–Trinajstić information content (AvgIpc) is 2.39. The first kappa shape index (κ1) is 16.2. The standard InChI is InChI=1S/C13H28N4O2/c1-16(2)12-4-8-17(9-5-12)10-7-15-13(19)14-6-3-11-18/h12,18H,3-11H2,1-2H3,(H2,14,15,19). The van der Waals surface area contributed by atoms with E-state index in [1.807, 2.05) is 0 Å². The number of hydrogen-bond donors (Lipinski definition) is 3. The molecule has 0 unspecified atom stereocenters. The summed E-state index contributed by atoms with van der Waals surface area (Å²) in [5, 5.41) is 14.2. The van der Waals surface area contributed by atoms with Crippen molar-refractivity contribution in [2.24, 2.45) is 0 Å². The van der Waals surface area contributed by atoms with Crippen LogP contribution in [0.2, 0.25) is 0 Å². The van der Waals surface area contributed by atoms with Crippen LogP contribution in [-0.4, -0.2) is 80.4 Å². The van der Waals surface area contributed by atoms with Crippen LogP contribution in [0.25, 0.3) is 0 Å². The van der Waals surface area contributed by atoms with Gasteiger partial charge in [-0.25, -0.2) is 4.79 Å². The zero-order valence-corrected chi connectivity index (χ0v) is 12.2. The molecule has 0 saturated carbocycles. The number of amides is 2. The van der Waals surface area contributed by atoms with Gasteiger partial charge in [0.1, 0.15) is 0 Å². The van der Waals surface area contributed by atoms with Crippen molar-refractivity contribution in [3.05, 3.63) is 0 Å². The molecule has 1 saturated heterocycles. The molecule has 1 rings (SSSR count). The monoisotopic (exact) mass is 272 g/mol. The number of aliphatic hydroxyl groups is 1. The van der Waals surface area contributed by atoms with Crippen molar-refractivity contribution >= 4 is 6.03 Å². The minimum Gasteiger partial charge on any atom is -0.396 e. The van der Waals surface area contributed by atoms with Crippen LogP contribution < -0.4 is 10.6 Å². The summed E-state index contributed by atoms with van der Waals surface area (Å²) in [6.07, 6.45) is 3.01. The fourth-order valence-corrected chi connectivity index (χ4v) is 2.33. The molecule has 0 radical (unpaired) electrons. The molecule has 6 nitrogen and oxygen atoms in total. The Balaban J connectivity index is 2.03. The first-order chi connectivity index (χ1) is 9.13. The molecule has 112 valence electrons. The largest absolute Gasteiger partial charge is 0.396 e. The summed E-state index contributed by atoms with van der Waals surface area (Å²) in [5.74, 6) is 0. The van der Waals surface area contributed by atoms with Crippen LogP contribution in [0.5, 0.6) is 0 Å². The highest BCUT2D eigenvalue weighted by Crippen LogP contribution is 2.13. The molecule has 1 aliphatic rings.